The van der Waals surface area contributed by atoms with Crippen LogP contribution in [0.2, 0.25) is 0 Å². The molecule has 104 valence electrons. The molecule has 2 N–H and O–H groups in total. The van der Waals surface area contributed by atoms with Crippen LogP contribution in [0, 0.1) is 5.82 Å². The Morgan fingerprint density at radius 2 is 2.05 bits per heavy atom. The largest absolute Gasteiger partial charge is 0.295 e. The molecule has 0 bridgehead atoms. The summed E-state index contributed by atoms with van der Waals surface area (Å²) < 4.78 is 13.1. The van der Waals surface area contributed by atoms with E-state index in [-0.39, 0.29) is 31.2 Å². The molecule has 3 rings (SSSR count). The summed E-state index contributed by atoms with van der Waals surface area (Å²) in [4.78, 5) is 35.2. The van der Waals surface area contributed by atoms with Crippen molar-refractivity contribution in [3.05, 3.63) is 35.1 Å². The van der Waals surface area contributed by atoms with Crippen LogP contribution in [-0.2, 0) is 16.1 Å². The highest BCUT2D eigenvalue weighted by Gasteiger charge is 2.37. The number of carbonyl (C=O) groups is 3. The summed E-state index contributed by atoms with van der Waals surface area (Å²) in [7, 11) is 0. The van der Waals surface area contributed by atoms with Crippen molar-refractivity contribution in [2.45, 2.75) is 25.4 Å². The molecule has 2 heterocycles. The van der Waals surface area contributed by atoms with Crippen molar-refractivity contribution in [1.29, 1.82) is 0 Å². The first-order valence-corrected chi connectivity index (χ1v) is 6.25. The first-order chi connectivity index (χ1) is 9.56. The van der Waals surface area contributed by atoms with Gasteiger partial charge < -0.3 is 0 Å². The maximum absolute atomic E-state index is 13.1. The molecule has 1 unspecified atom stereocenters. The number of piperidine rings is 1. The molecule has 0 saturated carbocycles. The number of nitrogens with zero attached hydrogens (tertiary/aromatic N) is 1. The number of imide groups is 1. The van der Waals surface area contributed by atoms with Gasteiger partial charge in [0.15, 0.2) is 0 Å². The quantitative estimate of drug-likeness (QED) is 0.713. The van der Waals surface area contributed by atoms with Crippen LogP contribution >= 0.6 is 0 Å². The molecular weight excluding hydrogens is 265 g/mol. The van der Waals surface area contributed by atoms with Gasteiger partial charge in [-0.25, -0.2) is 9.82 Å². The summed E-state index contributed by atoms with van der Waals surface area (Å²) in [5.41, 5.74) is 3.74. The summed E-state index contributed by atoms with van der Waals surface area (Å²) in [6, 6.07) is 3.19. The van der Waals surface area contributed by atoms with Crippen molar-refractivity contribution in [2.24, 2.45) is 0 Å². The molecule has 0 aromatic heterocycles. The van der Waals surface area contributed by atoms with Gasteiger partial charge in [0.2, 0.25) is 5.91 Å². The van der Waals surface area contributed by atoms with Gasteiger partial charge in [-0.05, 0) is 30.2 Å². The molecule has 1 aromatic carbocycles. The standard InChI is InChI=1S/C13H12FN3O3/c14-8-1-2-9-7(5-8)6-15-17(13(9)20)10-3-4-11(18)16-12(10)19/h1-2,5,10,15H,3-4,6H2,(H,16,18,19). The van der Waals surface area contributed by atoms with Crippen LogP contribution in [-0.4, -0.2) is 28.8 Å². The molecule has 1 aromatic rings. The van der Waals surface area contributed by atoms with E-state index in [4.69, 9.17) is 0 Å². The Morgan fingerprint density at radius 1 is 1.25 bits per heavy atom. The molecule has 0 spiro atoms. The van der Waals surface area contributed by atoms with E-state index in [0.717, 1.165) is 0 Å². The highest BCUT2D eigenvalue weighted by Crippen LogP contribution is 2.21. The fraction of sp³-hybridized carbons (Fsp3) is 0.308. The number of carbonyl (C=O) groups excluding carboxylic acids is 3. The summed E-state index contributed by atoms with van der Waals surface area (Å²) in [5, 5.41) is 3.43. The number of amides is 3. The fourth-order valence-electron chi connectivity index (χ4n) is 2.47. The van der Waals surface area contributed by atoms with E-state index in [1.54, 1.807) is 0 Å². The fourth-order valence-corrected chi connectivity index (χ4v) is 2.47. The third kappa shape index (κ3) is 2.05. The van der Waals surface area contributed by atoms with Crippen LogP contribution in [0.5, 0.6) is 0 Å². The maximum Gasteiger partial charge on any atom is 0.269 e. The molecule has 1 fully saturated rings. The van der Waals surface area contributed by atoms with Gasteiger partial charge in [0.05, 0.1) is 0 Å². The van der Waals surface area contributed by atoms with Crippen molar-refractivity contribution in [2.75, 3.05) is 0 Å². The lowest BCUT2D eigenvalue weighted by atomic mass is 10.0. The monoisotopic (exact) mass is 277 g/mol. The molecule has 2 aliphatic heterocycles. The number of fused-ring (bicyclic) bond motifs is 1. The number of hydrogen-bond acceptors (Lipinski definition) is 4. The molecule has 0 aliphatic carbocycles. The Labute approximate surface area is 113 Å². The Kier molecular flexibility index (Phi) is 2.98. The Morgan fingerprint density at radius 3 is 2.80 bits per heavy atom. The van der Waals surface area contributed by atoms with Gasteiger partial charge in [-0.2, -0.15) is 0 Å². The van der Waals surface area contributed by atoms with Gasteiger partial charge in [-0.15, -0.1) is 0 Å². The average molecular weight is 277 g/mol. The number of nitrogens with one attached hydrogen (secondary N) is 2. The van der Waals surface area contributed by atoms with Crippen LogP contribution < -0.4 is 10.7 Å². The SMILES string of the molecule is O=C1CCC(N2NCc3cc(F)ccc3C2=O)C(=O)N1. The first-order valence-electron chi connectivity index (χ1n) is 6.25. The van der Waals surface area contributed by atoms with Crippen LogP contribution in [0.15, 0.2) is 18.2 Å². The van der Waals surface area contributed by atoms with Crippen molar-refractivity contribution >= 4 is 17.7 Å². The topological polar surface area (TPSA) is 78.5 Å². The van der Waals surface area contributed by atoms with E-state index in [1.165, 1.54) is 23.2 Å². The molecule has 7 heteroatoms. The van der Waals surface area contributed by atoms with Crippen molar-refractivity contribution < 1.29 is 18.8 Å². The van der Waals surface area contributed by atoms with E-state index in [9.17, 15) is 18.8 Å². The second-order valence-electron chi connectivity index (χ2n) is 4.78. The first kappa shape index (κ1) is 12.7. The van der Waals surface area contributed by atoms with Crippen LogP contribution in [0.4, 0.5) is 4.39 Å². The van der Waals surface area contributed by atoms with Gasteiger partial charge >= 0.3 is 0 Å². The average Bonchev–Trinajstić information content (AvgIpc) is 2.40. The van der Waals surface area contributed by atoms with Gasteiger partial charge in [0, 0.05) is 18.5 Å². The van der Waals surface area contributed by atoms with Gasteiger partial charge in [-0.1, -0.05) is 0 Å². The van der Waals surface area contributed by atoms with E-state index in [2.05, 4.69) is 10.7 Å². The van der Waals surface area contributed by atoms with Crippen LogP contribution in [0.25, 0.3) is 0 Å². The predicted octanol–water partition coefficient (Wildman–Crippen LogP) is 0.0913. The minimum absolute atomic E-state index is 0.193. The van der Waals surface area contributed by atoms with E-state index >= 15 is 0 Å². The summed E-state index contributed by atoms with van der Waals surface area (Å²) in [6.45, 7) is 0.260. The maximum atomic E-state index is 13.1. The zero-order chi connectivity index (χ0) is 14.3. The molecule has 3 amide bonds. The Balaban J connectivity index is 1.87. The minimum atomic E-state index is -0.724. The summed E-state index contributed by atoms with van der Waals surface area (Å²) in [5.74, 6) is -1.63. The second-order valence-corrected chi connectivity index (χ2v) is 4.78. The van der Waals surface area contributed by atoms with Crippen LogP contribution in [0.3, 0.4) is 0 Å². The number of hydrogen-bond donors (Lipinski definition) is 2. The van der Waals surface area contributed by atoms with E-state index in [1.807, 2.05) is 0 Å². The highest BCUT2D eigenvalue weighted by molar-refractivity contribution is 6.04. The minimum Gasteiger partial charge on any atom is -0.295 e. The lowest BCUT2D eigenvalue weighted by Crippen LogP contribution is -2.60. The third-order valence-corrected chi connectivity index (χ3v) is 3.48. The Bertz CT molecular complexity index is 617. The number of halogens is 1. The smallest absolute Gasteiger partial charge is 0.269 e. The van der Waals surface area contributed by atoms with Gasteiger partial charge in [0.25, 0.3) is 11.8 Å². The summed E-state index contributed by atoms with van der Waals surface area (Å²) >= 11 is 0. The van der Waals surface area contributed by atoms with Crippen LogP contribution in [0.1, 0.15) is 28.8 Å². The van der Waals surface area contributed by atoms with Crippen molar-refractivity contribution in [3.8, 4) is 0 Å². The van der Waals surface area contributed by atoms with Crippen molar-refractivity contribution in [3.63, 3.8) is 0 Å². The number of hydrazine groups is 1. The zero-order valence-electron chi connectivity index (χ0n) is 10.5. The molecule has 20 heavy (non-hydrogen) atoms. The molecule has 2 aliphatic rings. The summed E-state index contributed by atoms with van der Waals surface area (Å²) in [6.07, 6.45) is 0.470. The second kappa shape index (κ2) is 4.68. The third-order valence-electron chi connectivity index (χ3n) is 3.48. The van der Waals surface area contributed by atoms with Crippen molar-refractivity contribution in [1.82, 2.24) is 15.8 Å². The number of rotatable bonds is 1. The zero-order valence-corrected chi connectivity index (χ0v) is 10.5. The van der Waals surface area contributed by atoms with Gasteiger partial charge in [0.1, 0.15) is 11.9 Å². The molecule has 1 saturated heterocycles. The highest BCUT2D eigenvalue weighted by atomic mass is 19.1. The number of benzene rings is 1. The molecule has 0 radical (unpaired) electrons. The lowest BCUT2D eigenvalue weighted by molar-refractivity contribution is -0.137. The lowest BCUT2D eigenvalue weighted by Gasteiger charge is -2.36. The molecule has 1 atom stereocenters. The van der Waals surface area contributed by atoms with E-state index in [0.29, 0.717) is 11.1 Å². The normalized spacial score (nSPS) is 22.6. The van der Waals surface area contributed by atoms with Gasteiger partial charge in [-0.3, -0.25) is 24.7 Å². The molecular formula is C13H12FN3O3. The molecule has 6 nitrogen and oxygen atoms in total. The van der Waals surface area contributed by atoms with E-state index < -0.39 is 17.8 Å². The Hall–Kier alpha value is -2.28. The predicted molar refractivity (Wildman–Crippen MR) is 65.6 cm³/mol.